The van der Waals surface area contributed by atoms with Gasteiger partial charge in [0.25, 0.3) is 0 Å². The van der Waals surface area contributed by atoms with Crippen LogP contribution in [0, 0.1) is 5.92 Å². The average molecular weight is 247 g/mol. The summed E-state index contributed by atoms with van der Waals surface area (Å²) in [6.07, 6.45) is 0.305. The van der Waals surface area contributed by atoms with Crippen molar-refractivity contribution in [2.24, 2.45) is 5.92 Å². The minimum atomic E-state index is -0.324. The fourth-order valence-corrected chi connectivity index (χ4v) is 1.69. The molecule has 0 radical (unpaired) electrons. The number of hydrogen-bond donors (Lipinski definition) is 2. The normalized spacial score (nSPS) is 13.9. The highest BCUT2D eigenvalue weighted by molar-refractivity contribution is 8.01. The van der Waals surface area contributed by atoms with Gasteiger partial charge in [-0.05, 0) is 12.3 Å². The quantitative estimate of drug-likeness (QED) is 0.755. The first-order chi connectivity index (χ1) is 7.22. The van der Waals surface area contributed by atoms with Crippen LogP contribution in [0.1, 0.15) is 41.0 Å². The topological polar surface area (TPSA) is 49.3 Å². The molecule has 2 N–H and O–H groups in total. The standard InChI is InChI=1S/C12H25NO2S/c1-9(2)10(14)6-7-13-11(15)8-16-12(3,4)5/h9-10,14H,6-8H2,1-5H3,(H,13,15). The van der Waals surface area contributed by atoms with Gasteiger partial charge in [-0.25, -0.2) is 0 Å². The number of hydrogen-bond acceptors (Lipinski definition) is 3. The Hall–Kier alpha value is -0.220. The van der Waals surface area contributed by atoms with E-state index in [1.54, 1.807) is 11.8 Å². The van der Waals surface area contributed by atoms with Crippen LogP contribution in [-0.2, 0) is 4.79 Å². The van der Waals surface area contributed by atoms with E-state index in [2.05, 4.69) is 26.1 Å². The summed E-state index contributed by atoms with van der Waals surface area (Å²) in [6, 6.07) is 0. The van der Waals surface area contributed by atoms with Crippen LogP contribution < -0.4 is 5.32 Å². The van der Waals surface area contributed by atoms with E-state index in [4.69, 9.17) is 0 Å². The molecule has 0 aromatic carbocycles. The zero-order valence-corrected chi connectivity index (χ0v) is 11.9. The van der Waals surface area contributed by atoms with E-state index in [1.807, 2.05) is 13.8 Å². The van der Waals surface area contributed by atoms with Crippen LogP contribution >= 0.6 is 11.8 Å². The lowest BCUT2D eigenvalue weighted by Crippen LogP contribution is -2.30. The van der Waals surface area contributed by atoms with Gasteiger partial charge in [0.15, 0.2) is 0 Å². The molecule has 0 aliphatic heterocycles. The Bertz CT molecular complexity index is 212. The molecule has 1 amide bonds. The van der Waals surface area contributed by atoms with Crippen molar-refractivity contribution >= 4 is 17.7 Å². The van der Waals surface area contributed by atoms with Gasteiger partial charge in [-0.3, -0.25) is 4.79 Å². The maximum atomic E-state index is 11.4. The third-order valence-electron chi connectivity index (χ3n) is 2.17. The van der Waals surface area contributed by atoms with Crippen molar-refractivity contribution in [1.82, 2.24) is 5.32 Å². The van der Waals surface area contributed by atoms with E-state index >= 15 is 0 Å². The van der Waals surface area contributed by atoms with E-state index < -0.39 is 0 Å². The van der Waals surface area contributed by atoms with E-state index in [0.717, 1.165) is 0 Å². The molecule has 96 valence electrons. The number of rotatable bonds is 6. The summed E-state index contributed by atoms with van der Waals surface area (Å²) < 4.78 is 0.120. The molecule has 0 aliphatic rings. The molecule has 0 spiro atoms. The van der Waals surface area contributed by atoms with E-state index in [-0.39, 0.29) is 22.7 Å². The number of aliphatic hydroxyl groups excluding tert-OH is 1. The maximum Gasteiger partial charge on any atom is 0.230 e. The lowest BCUT2D eigenvalue weighted by Gasteiger charge is -2.18. The van der Waals surface area contributed by atoms with Crippen molar-refractivity contribution < 1.29 is 9.90 Å². The van der Waals surface area contributed by atoms with Gasteiger partial charge in [0.1, 0.15) is 0 Å². The molecule has 0 rings (SSSR count). The minimum Gasteiger partial charge on any atom is -0.393 e. The number of aliphatic hydroxyl groups is 1. The monoisotopic (exact) mass is 247 g/mol. The van der Waals surface area contributed by atoms with Crippen LogP contribution in [0.3, 0.4) is 0 Å². The molecule has 0 bridgehead atoms. The first-order valence-corrected chi connectivity index (χ1v) is 6.79. The summed E-state index contributed by atoms with van der Waals surface area (Å²) in [5.74, 6) is 0.790. The van der Waals surface area contributed by atoms with Crippen molar-refractivity contribution in [2.75, 3.05) is 12.3 Å². The number of carbonyl (C=O) groups excluding carboxylic acids is 1. The van der Waals surface area contributed by atoms with Crippen LogP contribution in [0.5, 0.6) is 0 Å². The number of amides is 1. The Morgan fingerprint density at radius 2 is 1.94 bits per heavy atom. The number of nitrogens with one attached hydrogen (secondary N) is 1. The van der Waals surface area contributed by atoms with Gasteiger partial charge >= 0.3 is 0 Å². The van der Waals surface area contributed by atoms with Crippen molar-refractivity contribution in [3.8, 4) is 0 Å². The van der Waals surface area contributed by atoms with Crippen molar-refractivity contribution in [3.63, 3.8) is 0 Å². The smallest absolute Gasteiger partial charge is 0.230 e. The predicted molar refractivity (Wildman–Crippen MR) is 70.7 cm³/mol. The molecule has 0 aliphatic carbocycles. The summed E-state index contributed by atoms with van der Waals surface area (Å²) in [4.78, 5) is 11.4. The maximum absolute atomic E-state index is 11.4. The van der Waals surface area contributed by atoms with E-state index in [1.165, 1.54) is 0 Å². The largest absolute Gasteiger partial charge is 0.393 e. The Labute approximate surface area is 103 Å². The first kappa shape index (κ1) is 15.8. The van der Waals surface area contributed by atoms with E-state index in [9.17, 15) is 9.90 Å². The highest BCUT2D eigenvalue weighted by atomic mass is 32.2. The van der Waals surface area contributed by atoms with Gasteiger partial charge in [0, 0.05) is 11.3 Å². The van der Waals surface area contributed by atoms with Crippen LogP contribution in [0.15, 0.2) is 0 Å². The molecule has 1 unspecified atom stereocenters. The van der Waals surface area contributed by atoms with Crippen molar-refractivity contribution in [1.29, 1.82) is 0 Å². The van der Waals surface area contributed by atoms with Crippen LogP contribution in [0.4, 0.5) is 0 Å². The molecular formula is C12H25NO2S. The summed E-state index contributed by atoms with van der Waals surface area (Å²) in [6.45, 7) is 10.8. The molecule has 0 aromatic rings. The molecule has 16 heavy (non-hydrogen) atoms. The second-order valence-electron chi connectivity index (χ2n) is 5.35. The fourth-order valence-electron chi connectivity index (χ4n) is 1.03. The predicted octanol–water partition coefficient (Wildman–Crippen LogP) is 2.04. The number of carbonyl (C=O) groups is 1. The first-order valence-electron chi connectivity index (χ1n) is 5.81. The highest BCUT2D eigenvalue weighted by Gasteiger charge is 2.13. The Balaban J connectivity index is 3.59. The Kier molecular flexibility index (Phi) is 7.07. The van der Waals surface area contributed by atoms with Crippen molar-refractivity contribution in [3.05, 3.63) is 0 Å². The van der Waals surface area contributed by atoms with Gasteiger partial charge in [-0.15, -0.1) is 11.8 Å². The summed E-state index contributed by atoms with van der Waals surface area (Å²) in [5.41, 5.74) is 0. The minimum absolute atomic E-state index is 0.0517. The molecule has 0 heterocycles. The van der Waals surface area contributed by atoms with Crippen molar-refractivity contribution in [2.45, 2.75) is 51.9 Å². The third kappa shape index (κ3) is 9.04. The van der Waals surface area contributed by atoms with Crippen LogP contribution in [0.2, 0.25) is 0 Å². The van der Waals surface area contributed by atoms with Gasteiger partial charge in [-0.2, -0.15) is 0 Å². The van der Waals surface area contributed by atoms with Gasteiger partial charge in [0.2, 0.25) is 5.91 Å². The molecular weight excluding hydrogens is 222 g/mol. The van der Waals surface area contributed by atoms with Crippen LogP contribution in [-0.4, -0.2) is 34.2 Å². The molecule has 4 heteroatoms. The lowest BCUT2D eigenvalue weighted by atomic mass is 10.0. The lowest BCUT2D eigenvalue weighted by molar-refractivity contribution is -0.118. The van der Waals surface area contributed by atoms with Gasteiger partial charge in [0.05, 0.1) is 11.9 Å². The zero-order valence-electron chi connectivity index (χ0n) is 11.0. The van der Waals surface area contributed by atoms with Gasteiger partial charge < -0.3 is 10.4 Å². The molecule has 0 saturated heterocycles. The summed E-state index contributed by atoms with van der Waals surface area (Å²) in [7, 11) is 0. The average Bonchev–Trinajstić information content (AvgIpc) is 2.13. The molecule has 0 aromatic heterocycles. The zero-order chi connectivity index (χ0) is 12.8. The molecule has 1 atom stereocenters. The Morgan fingerprint density at radius 1 is 1.38 bits per heavy atom. The summed E-state index contributed by atoms with van der Waals surface area (Å²) >= 11 is 1.63. The van der Waals surface area contributed by atoms with E-state index in [0.29, 0.717) is 18.7 Å². The highest BCUT2D eigenvalue weighted by Crippen LogP contribution is 2.22. The number of thioether (sulfide) groups is 1. The fraction of sp³-hybridized carbons (Fsp3) is 0.917. The molecule has 0 fully saturated rings. The molecule has 3 nitrogen and oxygen atoms in total. The van der Waals surface area contributed by atoms with Gasteiger partial charge in [-0.1, -0.05) is 34.6 Å². The second kappa shape index (κ2) is 7.17. The Morgan fingerprint density at radius 3 is 2.38 bits per heavy atom. The summed E-state index contributed by atoms with van der Waals surface area (Å²) in [5, 5.41) is 12.4. The molecule has 0 saturated carbocycles. The van der Waals surface area contributed by atoms with Crippen LogP contribution in [0.25, 0.3) is 0 Å². The third-order valence-corrected chi connectivity index (χ3v) is 3.44. The second-order valence-corrected chi connectivity index (χ2v) is 7.15. The SMILES string of the molecule is CC(C)C(O)CCNC(=O)CSC(C)(C)C.